The Hall–Kier alpha value is -2.38. The Labute approximate surface area is 135 Å². The van der Waals surface area contributed by atoms with Crippen molar-refractivity contribution in [2.45, 2.75) is 46.6 Å². The molecule has 3 amide bonds. The summed E-state index contributed by atoms with van der Waals surface area (Å²) in [5.74, 6) is -1.63. The highest BCUT2D eigenvalue weighted by Gasteiger charge is 2.15. The highest BCUT2D eigenvalue weighted by atomic mass is 16.2. The van der Waals surface area contributed by atoms with Gasteiger partial charge in [-0.3, -0.25) is 19.1 Å². The van der Waals surface area contributed by atoms with Crippen LogP contribution in [0.1, 0.15) is 40.0 Å². The molecule has 23 heavy (non-hydrogen) atoms. The Morgan fingerprint density at radius 3 is 2.57 bits per heavy atom. The first-order chi connectivity index (χ1) is 10.7. The highest BCUT2D eigenvalue weighted by molar-refractivity contribution is 6.39. The van der Waals surface area contributed by atoms with Crippen molar-refractivity contribution in [1.29, 1.82) is 0 Å². The second kappa shape index (κ2) is 8.30. The van der Waals surface area contributed by atoms with Crippen LogP contribution >= 0.6 is 0 Å². The number of nitrogens with one attached hydrogen (secondary N) is 2. The Kier molecular flexibility index (Phi) is 6.74. The number of carbonyl (C=O) groups is 3. The van der Waals surface area contributed by atoms with E-state index in [1.54, 1.807) is 12.3 Å². The normalized spacial score (nSPS) is 11.1. The molecule has 4 N–H and O–H groups in total. The lowest BCUT2D eigenvalue weighted by atomic mass is 9.91. The predicted molar refractivity (Wildman–Crippen MR) is 86.4 cm³/mol. The number of hydrogen-bond acceptors (Lipinski definition) is 4. The van der Waals surface area contributed by atoms with E-state index in [9.17, 15) is 14.4 Å². The molecule has 1 rings (SSSR count). The molecule has 0 aromatic carbocycles. The number of nitrogens with two attached hydrogens (primary N) is 1. The fourth-order valence-corrected chi connectivity index (χ4v) is 1.85. The molecule has 0 saturated heterocycles. The zero-order chi connectivity index (χ0) is 17.5. The van der Waals surface area contributed by atoms with Crippen LogP contribution in [0.3, 0.4) is 0 Å². The second-order valence-electron chi connectivity index (χ2n) is 6.55. The highest BCUT2D eigenvalue weighted by Crippen LogP contribution is 2.19. The van der Waals surface area contributed by atoms with Gasteiger partial charge in [-0.15, -0.1) is 0 Å². The van der Waals surface area contributed by atoms with E-state index in [0.29, 0.717) is 13.1 Å². The van der Waals surface area contributed by atoms with Gasteiger partial charge in [0.2, 0.25) is 5.91 Å². The molecule has 0 unspecified atom stereocenters. The van der Waals surface area contributed by atoms with Gasteiger partial charge in [0.05, 0.1) is 0 Å². The van der Waals surface area contributed by atoms with Gasteiger partial charge in [0.25, 0.3) is 0 Å². The third-order valence-electron chi connectivity index (χ3n) is 3.06. The Morgan fingerprint density at radius 1 is 1.26 bits per heavy atom. The standard InChI is InChI=1S/C15H25N5O3/c1-15(2,3)7-4-8-17-13(22)14(23)18-12-6-10-20(19-12)9-5-11(16)21/h6,10H,4-5,7-9H2,1-3H3,(H2,16,21)(H,17,22)(H,18,19,23). The molecule has 1 heterocycles. The van der Waals surface area contributed by atoms with E-state index in [2.05, 4.69) is 36.5 Å². The van der Waals surface area contributed by atoms with Crippen LogP contribution in [0.2, 0.25) is 0 Å². The number of rotatable bonds is 7. The smallest absolute Gasteiger partial charge is 0.314 e. The number of aromatic nitrogens is 2. The van der Waals surface area contributed by atoms with E-state index in [-0.39, 0.29) is 17.7 Å². The van der Waals surface area contributed by atoms with E-state index >= 15 is 0 Å². The molecule has 8 heteroatoms. The maximum Gasteiger partial charge on any atom is 0.314 e. The Morgan fingerprint density at radius 2 is 1.96 bits per heavy atom. The fourth-order valence-electron chi connectivity index (χ4n) is 1.85. The predicted octanol–water partition coefficient (Wildman–Crippen LogP) is 0.640. The third-order valence-corrected chi connectivity index (χ3v) is 3.06. The largest absolute Gasteiger partial charge is 0.370 e. The maximum atomic E-state index is 11.7. The van der Waals surface area contributed by atoms with Crippen molar-refractivity contribution in [2.24, 2.45) is 11.1 Å². The lowest BCUT2D eigenvalue weighted by molar-refractivity contribution is -0.136. The van der Waals surface area contributed by atoms with E-state index in [0.717, 1.165) is 12.8 Å². The van der Waals surface area contributed by atoms with E-state index in [1.807, 2.05) is 0 Å². The number of primary amides is 1. The van der Waals surface area contributed by atoms with Gasteiger partial charge < -0.3 is 16.4 Å². The SMILES string of the molecule is CC(C)(C)CCCNC(=O)C(=O)Nc1ccn(CCC(N)=O)n1. The van der Waals surface area contributed by atoms with E-state index in [4.69, 9.17) is 5.73 Å². The van der Waals surface area contributed by atoms with Crippen LogP contribution < -0.4 is 16.4 Å². The molecule has 0 aliphatic rings. The molecule has 128 valence electrons. The third kappa shape index (κ3) is 7.98. The van der Waals surface area contributed by atoms with Crippen LogP contribution in [-0.4, -0.2) is 34.0 Å². The number of nitrogens with zero attached hydrogens (tertiary/aromatic N) is 2. The molecule has 0 spiro atoms. The summed E-state index contributed by atoms with van der Waals surface area (Å²) >= 11 is 0. The maximum absolute atomic E-state index is 11.7. The van der Waals surface area contributed by atoms with Gasteiger partial charge in [-0.2, -0.15) is 5.10 Å². The molecule has 0 aliphatic heterocycles. The van der Waals surface area contributed by atoms with E-state index in [1.165, 1.54) is 4.68 Å². The minimum absolute atomic E-state index is 0.156. The number of amides is 3. The number of hydrogen-bond donors (Lipinski definition) is 3. The fraction of sp³-hybridized carbons (Fsp3) is 0.600. The average molecular weight is 323 g/mol. The topological polar surface area (TPSA) is 119 Å². The molecule has 0 bridgehead atoms. The number of carbonyl (C=O) groups excluding carboxylic acids is 3. The van der Waals surface area contributed by atoms with Gasteiger partial charge in [-0.1, -0.05) is 20.8 Å². The molecule has 0 atom stereocenters. The summed E-state index contributed by atoms with van der Waals surface area (Å²) in [6.07, 6.45) is 3.52. The number of anilines is 1. The Bertz CT molecular complexity index is 560. The molecule has 0 aliphatic carbocycles. The van der Waals surface area contributed by atoms with Crippen LogP contribution in [0.4, 0.5) is 5.82 Å². The summed E-state index contributed by atoms with van der Waals surface area (Å²) < 4.78 is 1.47. The van der Waals surface area contributed by atoms with Gasteiger partial charge in [-0.25, -0.2) is 0 Å². The first-order valence-corrected chi connectivity index (χ1v) is 7.58. The summed E-state index contributed by atoms with van der Waals surface area (Å²) in [4.78, 5) is 34.1. The first-order valence-electron chi connectivity index (χ1n) is 7.58. The van der Waals surface area contributed by atoms with Crippen molar-refractivity contribution < 1.29 is 14.4 Å². The quantitative estimate of drug-likeness (QED) is 0.504. The number of aryl methyl sites for hydroxylation is 1. The van der Waals surface area contributed by atoms with Crippen molar-refractivity contribution >= 4 is 23.5 Å². The minimum atomic E-state index is -0.763. The monoisotopic (exact) mass is 323 g/mol. The second-order valence-corrected chi connectivity index (χ2v) is 6.55. The lowest BCUT2D eigenvalue weighted by Crippen LogP contribution is -2.36. The molecule has 0 fully saturated rings. The molecule has 8 nitrogen and oxygen atoms in total. The van der Waals surface area contributed by atoms with Crippen LogP contribution in [0.25, 0.3) is 0 Å². The van der Waals surface area contributed by atoms with Crippen LogP contribution in [0.15, 0.2) is 12.3 Å². The van der Waals surface area contributed by atoms with Crippen molar-refractivity contribution in [3.63, 3.8) is 0 Å². The van der Waals surface area contributed by atoms with Crippen LogP contribution in [0, 0.1) is 5.41 Å². The van der Waals surface area contributed by atoms with Gasteiger partial charge in [0.15, 0.2) is 5.82 Å². The summed E-state index contributed by atoms with van der Waals surface area (Å²) in [5, 5.41) is 9.01. The van der Waals surface area contributed by atoms with Gasteiger partial charge >= 0.3 is 11.8 Å². The molecular weight excluding hydrogens is 298 g/mol. The van der Waals surface area contributed by atoms with Crippen LogP contribution in [0.5, 0.6) is 0 Å². The molecule has 0 radical (unpaired) electrons. The van der Waals surface area contributed by atoms with Crippen molar-refractivity contribution in [3.05, 3.63) is 12.3 Å². The zero-order valence-electron chi connectivity index (χ0n) is 13.9. The van der Waals surface area contributed by atoms with Crippen molar-refractivity contribution in [3.8, 4) is 0 Å². The summed E-state index contributed by atoms with van der Waals surface area (Å²) in [6, 6.07) is 1.55. The Balaban J connectivity index is 2.34. The van der Waals surface area contributed by atoms with Crippen LogP contribution in [-0.2, 0) is 20.9 Å². The first kappa shape index (κ1) is 18.7. The van der Waals surface area contributed by atoms with Gasteiger partial charge in [0.1, 0.15) is 0 Å². The zero-order valence-corrected chi connectivity index (χ0v) is 13.9. The molecule has 1 aromatic rings. The molecular formula is C15H25N5O3. The summed E-state index contributed by atoms with van der Waals surface area (Å²) in [6.45, 7) is 7.14. The summed E-state index contributed by atoms with van der Waals surface area (Å²) in [7, 11) is 0. The van der Waals surface area contributed by atoms with Crippen molar-refractivity contribution in [1.82, 2.24) is 15.1 Å². The lowest BCUT2D eigenvalue weighted by Gasteiger charge is -2.17. The minimum Gasteiger partial charge on any atom is -0.370 e. The molecule has 1 aromatic heterocycles. The molecule has 0 saturated carbocycles. The van der Waals surface area contributed by atoms with Gasteiger partial charge in [-0.05, 0) is 18.3 Å². The van der Waals surface area contributed by atoms with Gasteiger partial charge in [0, 0.05) is 31.8 Å². The average Bonchev–Trinajstić information content (AvgIpc) is 2.87. The van der Waals surface area contributed by atoms with E-state index < -0.39 is 17.7 Å². The summed E-state index contributed by atoms with van der Waals surface area (Å²) in [5.41, 5.74) is 5.25. The van der Waals surface area contributed by atoms with Crippen molar-refractivity contribution in [2.75, 3.05) is 11.9 Å².